The normalized spacial score (nSPS) is 10.5. The molecule has 0 saturated carbocycles. The molecular weight excluding hydrogens is 392 g/mol. The Morgan fingerprint density at radius 2 is 1.58 bits per heavy atom. The van der Waals surface area contributed by atoms with E-state index >= 15 is 0 Å². The number of aryl methyl sites for hydroxylation is 1. The maximum absolute atomic E-state index is 12.4. The van der Waals surface area contributed by atoms with Gasteiger partial charge in [-0.15, -0.1) is 0 Å². The molecule has 1 heterocycles. The van der Waals surface area contributed by atoms with E-state index in [1.807, 2.05) is 67.8 Å². The van der Waals surface area contributed by atoms with E-state index in [9.17, 15) is 14.4 Å². The largest absolute Gasteiger partial charge is 0.456 e. The van der Waals surface area contributed by atoms with Crippen molar-refractivity contribution in [1.29, 1.82) is 0 Å². The van der Waals surface area contributed by atoms with E-state index in [1.54, 1.807) is 18.2 Å². The number of esters is 1. The number of Topliss-reactive ketones (excluding diaryl/α,β-unsaturated/α-hetero) is 1. The van der Waals surface area contributed by atoms with Crippen molar-refractivity contribution in [2.45, 2.75) is 27.3 Å². The molecule has 0 radical (unpaired) electrons. The van der Waals surface area contributed by atoms with E-state index in [1.165, 1.54) is 0 Å². The minimum Gasteiger partial charge on any atom is -0.456 e. The van der Waals surface area contributed by atoms with Crippen molar-refractivity contribution in [3.05, 3.63) is 83.2 Å². The number of hydrogen-bond donors (Lipinski definition) is 1. The summed E-state index contributed by atoms with van der Waals surface area (Å²) in [6.07, 6.45) is 0. The summed E-state index contributed by atoms with van der Waals surface area (Å²) in [5.41, 5.74) is 4.89. The molecule has 0 bridgehead atoms. The summed E-state index contributed by atoms with van der Waals surface area (Å²) in [6.45, 7) is 5.92. The molecule has 160 valence electrons. The number of carbonyl (C=O) groups is 3. The van der Waals surface area contributed by atoms with Crippen LogP contribution >= 0.6 is 0 Å². The monoisotopic (exact) mass is 418 g/mol. The predicted molar refractivity (Wildman–Crippen MR) is 119 cm³/mol. The summed E-state index contributed by atoms with van der Waals surface area (Å²) in [6, 6.07) is 18.8. The highest BCUT2D eigenvalue weighted by atomic mass is 16.5. The summed E-state index contributed by atoms with van der Waals surface area (Å²) in [7, 11) is 0. The molecule has 0 aliphatic carbocycles. The molecule has 3 aromatic rings. The molecule has 0 unspecified atom stereocenters. The average Bonchev–Trinajstić information content (AvgIpc) is 3.09. The molecule has 3 rings (SSSR count). The molecule has 2 aromatic carbocycles. The molecule has 0 atom stereocenters. The van der Waals surface area contributed by atoms with E-state index in [-0.39, 0.29) is 24.8 Å². The number of aromatic nitrogens is 1. The zero-order valence-corrected chi connectivity index (χ0v) is 18.0. The van der Waals surface area contributed by atoms with Gasteiger partial charge in [0.15, 0.2) is 6.61 Å². The Labute approximate surface area is 181 Å². The van der Waals surface area contributed by atoms with Gasteiger partial charge < -0.3 is 14.6 Å². The van der Waals surface area contributed by atoms with Gasteiger partial charge in [0.25, 0.3) is 5.91 Å². The number of amides is 1. The SMILES string of the molecule is CCn1c(C)cc(C(=O)COC(=O)CNC(=O)c2ccc(-c3ccccc3)cc2)c1C. The number of carbonyl (C=O) groups excluding carboxylic acids is 3. The lowest BCUT2D eigenvalue weighted by atomic mass is 10.0. The number of nitrogens with zero attached hydrogens (tertiary/aromatic N) is 1. The van der Waals surface area contributed by atoms with Crippen molar-refractivity contribution in [2.24, 2.45) is 0 Å². The fourth-order valence-corrected chi connectivity index (χ4v) is 3.54. The van der Waals surface area contributed by atoms with Crippen LogP contribution in [0.5, 0.6) is 0 Å². The van der Waals surface area contributed by atoms with Gasteiger partial charge in [-0.2, -0.15) is 0 Å². The van der Waals surface area contributed by atoms with E-state index in [4.69, 9.17) is 4.74 Å². The zero-order chi connectivity index (χ0) is 22.4. The lowest BCUT2D eigenvalue weighted by molar-refractivity contribution is -0.141. The van der Waals surface area contributed by atoms with Gasteiger partial charge >= 0.3 is 5.97 Å². The fraction of sp³-hybridized carbons (Fsp3) is 0.240. The van der Waals surface area contributed by atoms with Crippen LogP contribution in [0.2, 0.25) is 0 Å². The first-order chi connectivity index (χ1) is 14.9. The molecule has 0 spiro atoms. The first-order valence-corrected chi connectivity index (χ1v) is 10.2. The first-order valence-electron chi connectivity index (χ1n) is 10.2. The Morgan fingerprint density at radius 1 is 0.935 bits per heavy atom. The van der Waals surface area contributed by atoms with Crippen LogP contribution in [0.25, 0.3) is 11.1 Å². The summed E-state index contributed by atoms with van der Waals surface area (Å²) < 4.78 is 7.07. The highest BCUT2D eigenvalue weighted by molar-refractivity contribution is 6.00. The van der Waals surface area contributed by atoms with E-state index in [0.29, 0.717) is 11.1 Å². The van der Waals surface area contributed by atoms with Crippen LogP contribution in [-0.2, 0) is 16.1 Å². The molecule has 6 heteroatoms. The van der Waals surface area contributed by atoms with Crippen molar-refractivity contribution < 1.29 is 19.1 Å². The smallest absolute Gasteiger partial charge is 0.325 e. The third kappa shape index (κ3) is 5.28. The Bertz CT molecular complexity index is 1080. The second-order valence-electron chi connectivity index (χ2n) is 7.24. The third-order valence-corrected chi connectivity index (χ3v) is 5.20. The number of ketones is 1. The molecule has 0 aliphatic rings. The molecule has 0 aliphatic heterocycles. The molecule has 1 N–H and O–H groups in total. The molecule has 1 amide bonds. The summed E-state index contributed by atoms with van der Waals surface area (Å²) >= 11 is 0. The van der Waals surface area contributed by atoms with Gasteiger partial charge in [-0.3, -0.25) is 14.4 Å². The van der Waals surface area contributed by atoms with E-state index in [0.717, 1.165) is 29.1 Å². The minimum atomic E-state index is -0.660. The first kappa shape index (κ1) is 22.0. The average molecular weight is 418 g/mol. The van der Waals surface area contributed by atoms with Crippen LogP contribution in [-0.4, -0.2) is 35.4 Å². The molecule has 1 aromatic heterocycles. The lowest BCUT2D eigenvalue weighted by Crippen LogP contribution is -2.31. The standard InChI is InChI=1S/C25H26N2O4/c1-4-27-17(2)14-22(18(27)3)23(28)16-31-24(29)15-26-25(30)21-12-10-20(11-13-21)19-8-6-5-7-9-19/h5-14H,4,15-16H2,1-3H3,(H,26,30). The van der Waals surface area contributed by atoms with Gasteiger partial charge in [0.05, 0.1) is 0 Å². The second-order valence-corrected chi connectivity index (χ2v) is 7.24. The zero-order valence-electron chi connectivity index (χ0n) is 18.0. The van der Waals surface area contributed by atoms with Crippen LogP contribution in [0.3, 0.4) is 0 Å². The second kappa shape index (κ2) is 9.89. The van der Waals surface area contributed by atoms with Crippen LogP contribution in [0.15, 0.2) is 60.7 Å². The van der Waals surface area contributed by atoms with Gasteiger partial charge in [-0.05, 0) is 50.1 Å². The maximum atomic E-state index is 12.4. The van der Waals surface area contributed by atoms with Gasteiger partial charge in [0.2, 0.25) is 5.78 Å². The number of hydrogen-bond acceptors (Lipinski definition) is 4. The topological polar surface area (TPSA) is 77.4 Å². The van der Waals surface area contributed by atoms with E-state index < -0.39 is 5.97 Å². The minimum absolute atomic E-state index is 0.260. The number of benzene rings is 2. The quantitative estimate of drug-likeness (QED) is 0.444. The van der Waals surface area contributed by atoms with Gasteiger partial charge in [0, 0.05) is 29.1 Å². The molecule has 31 heavy (non-hydrogen) atoms. The summed E-state index contributed by atoms with van der Waals surface area (Å²) in [5.74, 6) is -1.30. The number of ether oxygens (including phenoxy) is 1. The summed E-state index contributed by atoms with van der Waals surface area (Å²) in [5, 5.41) is 2.53. The van der Waals surface area contributed by atoms with Crippen LogP contribution in [0.4, 0.5) is 0 Å². The van der Waals surface area contributed by atoms with Gasteiger partial charge in [-0.1, -0.05) is 42.5 Å². The molecule has 6 nitrogen and oxygen atoms in total. The van der Waals surface area contributed by atoms with Crippen molar-refractivity contribution in [1.82, 2.24) is 9.88 Å². The van der Waals surface area contributed by atoms with Gasteiger partial charge in [-0.25, -0.2) is 0 Å². The van der Waals surface area contributed by atoms with E-state index in [2.05, 4.69) is 5.32 Å². The highest BCUT2D eigenvalue weighted by Crippen LogP contribution is 2.19. The Kier molecular flexibility index (Phi) is 7.03. The van der Waals surface area contributed by atoms with Crippen molar-refractivity contribution in [2.75, 3.05) is 13.2 Å². The van der Waals surface area contributed by atoms with Crippen molar-refractivity contribution >= 4 is 17.7 Å². The lowest BCUT2D eigenvalue weighted by Gasteiger charge is -2.08. The van der Waals surface area contributed by atoms with Gasteiger partial charge in [0.1, 0.15) is 6.54 Å². The fourth-order valence-electron chi connectivity index (χ4n) is 3.54. The van der Waals surface area contributed by atoms with Crippen LogP contribution in [0, 0.1) is 13.8 Å². The van der Waals surface area contributed by atoms with Crippen LogP contribution < -0.4 is 5.32 Å². The third-order valence-electron chi connectivity index (χ3n) is 5.20. The Hall–Kier alpha value is -3.67. The summed E-state index contributed by atoms with van der Waals surface area (Å²) in [4.78, 5) is 36.6. The van der Waals surface area contributed by atoms with Crippen LogP contribution in [0.1, 0.15) is 39.0 Å². The van der Waals surface area contributed by atoms with Crippen molar-refractivity contribution in [3.8, 4) is 11.1 Å². The Balaban J connectivity index is 1.49. The Morgan fingerprint density at radius 3 is 2.19 bits per heavy atom. The molecular formula is C25H26N2O4. The highest BCUT2D eigenvalue weighted by Gasteiger charge is 2.17. The number of nitrogens with one attached hydrogen (secondary N) is 1. The maximum Gasteiger partial charge on any atom is 0.325 e. The van der Waals surface area contributed by atoms with Crippen molar-refractivity contribution in [3.63, 3.8) is 0 Å². The number of rotatable bonds is 8. The molecule has 0 fully saturated rings. The molecule has 0 saturated heterocycles. The predicted octanol–water partition coefficient (Wildman–Crippen LogP) is 3.95.